The molecule has 35 heavy (non-hydrogen) atoms. The van der Waals surface area contributed by atoms with Crippen LogP contribution in [0.5, 0.6) is 0 Å². The summed E-state index contributed by atoms with van der Waals surface area (Å²) in [5.74, 6) is 1.14. The van der Waals surface area contributed by atoms with Gasteiger partial charge in [-0.25, -0.2) is 0 Å². The van der Waals surface area contributed by atoms with Gasteiger partial charge in [-0.1, -0.05) is 0 Å². The molecule has 0 aliphatic carbocycles. The topological polar surface area (TPSA) is 127 Å². The Morgan fingerprint density at radius 1 is 0.657 bits per heavy atom. The first kappa shape index (κ1) is 23.9. The summed E-state index contributed by atoms with van der Waals surface area (Å²) in [6.07, 6.45) is 0. The largest absolute Gasteiger partial charge is 0.338 e. The van der Waals surface area contributed by atoms with Crippen LogP contribution in [0.2, 0.25) is 0 Å². The highest BCUT2D eigenvalue weighted by Crippen LogP contribution is 2.23. The average Bonchev–Trinajstić information content (AvgIpc) is 2.81. The molecule has 4 rings (SSSR count). The summed E-state index contributed by atoms with van der Waals surface area (Å²) >= 11 is 0. The van der Waals surface area contributed by atoms with E-state index >= 15 is 0 Å². The predicted octanol–water partition coefficient (Wildman–Crippen LogP) is 3.03. The van der Waals surface area contributed by atoms with Gasteiger partial charge in [-0.2, -0.15) is 15.0 Å². The molecular weight excluding hydrogens is 446 g/mol. The molecule has 0 radical (unpaired) electrons. The second-order valence-corrected chi connectivity index (χ2v) is 8.34. The normalized spacial score (nSPS) is 13.7. The number of likely N-dealkylation sites (N-methyl/N-ethyl adjacent to an activating group) is 1. The molecule has 2 amide bonds. The fraction of sp³-hybridized carbons (Fsp3) is 0.292. The summed E-state index contributed by atoms with van der Waals surface area (Å²) in [5, 5.41) is 12.0. The van der Waals surface area contributed by atoms with E-state index in [1.165, 1.54) is 13.8 Å². The van der Waals surface area contributed by atoms with Crippen molar-refractivity contribution in [3.63, 3.8) is 0 Å². The minimum atomic E-state index is -0.124. The summed E-state index contributed by atoms with van der Waals surface area (Å²) in [4.78, 5) is 40.8. The number of aromatic nitrogens is 3. The molecule has 11 nitrogen and oxygen atoms in total. The van der Waals surface area contributed by atoms with Crippen LogP contribution in [0.1, 0.15) is 13.8 Å². The van der Waals surface area contributed by atoms with Crippen LogP contribution in [0.3, 0.4) is 0 Å². The van der Waals surface area contributed by atoms with E-state index in [9.17, 15) is 9.59 Å². The number of anilines is 7. The van der Waals surface area contributed by atoms with E-state index in [1.807, 2.05) is 48.5 Å². The Bertz CT molecular complexity index is 1090. The maximum absolute atomic E-state index is 11.3. The van der Waals surface area contributed by atoms with Crippen molar-refractivity contribution in [2.24, 2.45) is 0 Å². The maximum atomic E-state index is 11.3. The third-order valence-corrected chi connectivity index (χ3v) is 5.33. The number of nitrogens with one attached hydrogen (secondary N) is 4. The van der Waals surface area contributed by atoms with Crippen molar-refractivity contribution < 1.29 is 9.59 Å². The molecule has 0 bridgehead atoms. The van der Waals surface area contributed by atoms with E-state index in [0.29, 0.717) is 29.2 Å². The highest BCUT2D eigenvalue weighted by Gasteiger charge is 2.19. The molecule has 4 N–H and O–H groups in total. The molecule has 0 atom stereocenters. The fourth-order valence-corrected chi connectivity index (χ4v) is 3.56. The highest BCUT2D eigenvalue weighted by atomic mass is 16.2. The number of nitrogens with zero attached hydrogens (tertiary/aromatic N) is 5. The van der Waals surface area contributed by atoms with E-state index < -0.39 is 0 Å². The minimum absolute atomic E-state index is 0.124. The molecule has 0 spiro atoms. The third-order valence-electron chi connectivity index (χ3n) is 5.33. The van der Waals surface area contributed by atoms with Gasteiger partial charge in [0.2, 0.25) is 29.7 Å². The van der Waals surface area contributed by atoms with Crippen molar-refractivity contribution >= 4 is 52.4 Å². The van der Waals surface area contributed by atoms with Gasteiger partial charge < -0.3 is 31.1 Å². The number of carbonyl (C=O) groups excluding carboxylic acids is 2. The summed E-state index contributed by atoms with van der Waals surface area (Å²) in [6, 6.07) is 14.6. The van der Waals surface area contributed by atoms with Crippen LogP contribution < -0.4 is 26.2 Å². The Hall–Kier alpha value is -4.25. The molecule has 2 heterocycles. The minimum Gasteiger partial charge on any atom is -0.338 e. The van der Waals surface area contributed by atoms with E-state index in [4.69, 9.17) is 0 Å². The van der Waals surface area contributed by atoms with Crippen LogP contribution in [0, 0.1) is 0 Å². The maximum Gasteiger partial charge on any atom is 0.233 e. The van der Waals surface area contributed by atoms with Crippen LogP contribution in [0.15, 0.2) is 48.5 Å². The Labute approximate surface area is 204 Å². The van der Waals surface area contributed by atoms with Gasteiger partial charge >= 0.3 is 0 Å². The zero-order valence-corrected chi connectivity index (χ0v) is 20.0. The first-order valence-electron chi connectivity index (χ1n) is 11.3. The molecule has 0 unspecified atom stereocenters. The molecule has 1 saturated heterocycles. The summed E-state index contributed by atoms with van der Waals surface area (Å²) in [7, 11) is 2.10. The van der Waals surface area contributed by atoms with Crippen LogP contribution in [-0.4, -0.2) is 64.9 Å². The zero-order valence-electron chi connectivity index (χ0n) is 20.0. The van der Waals surface area contributed by atoms with E-state index in [1.54, 1.807) is 0 Å². The molecule has 1 aliphatic rings. The lowest BCUT2D eigenvalue weighted by molar-refractivity contribution is -0.115. The molecule has 1 aromatic heterocycles. The Morgan fingerprint density at radius 3 is 1.46 bits per heavy atom. The van der Waals surface area contributed by atoms with Crippen LogP contribution in [-0.2, 0) is 9.59 Å². The van der Waals surface area contributed by atoms with Crippen LogP contribution >= 0.6 is 0 Å². The molecular formula is C24H29N9O2. The summed E-state index contributed by atoms with van der Waals surface area (Å²) in [5.41, 5.74) is 2.98. The fourth-order valence-electron chi connectivity index (χ4n) is 3.56. The smallest absolute Gasteiger partial charge is 0.233 e. The lowest BCUT2D eigenvalue weighted by atomic mass is 10.3. The molecule has 11 heteroatoms. The number of amides is 2. The molecule has 2 aromatic carbocycles. The standard InChI is InChI=1S/C24H29N9O2/c1-16(34)25-18-4-8-20(9-5-18)27-22-29-23(28-21-10-6-19(7-11-21)26-17(2)35)31-24(30-22)33-14-12-32(3)13-15-33/h4-11H,12-15H2,1-3H3,(H,25,34)(H,26,35)(H2,27,28,29,30,31). The van der Waals surface area contributed by atoms with Gasteiger partial charge in [0.05, 0.1) is 0 Å². The predicted molar refractivity (Wildman–Crippen MR) is 138 cm³/mol. The molecule has 0 saturated carbocycles. The van der Waals surface area contributed by atoms with Gasteiger partial charge in [0.25, 0.3) is 0 Å². The number of hydrogen-bond acceptors (Lipinski definition) is 9. The molecule has 1 fully saturated rings. The number of piperazine rings is 1. The van der Waals surface area contributed by atoms with Crippen molar-refractivity contribution in [3.8, 4) is 0 Å². The van der Waals surface area contributed by atoms with Gasteiger partial charge in [0.1, 0.15) is 0 Å². The first-order chi connectivity index (χ1) is 16.8. The van der Waals surface area contributed by atoms with E-state index in [2.05, 4.69) is 53.1 Å². The summed E-state index contributed by atoms with van der Waals surface area (Å²) < 4.78 is 0. The van der Waals surface area contributed by atoms with Crippen molar-refractivity contribution in [1.29, 1.82) is 0 Å². The van der Waals surface area contributed by atoms with Crippen molar-refractivity contribution in [1.82, 2.24) is 19.9 Å². The number of rotatable bonds is 7. The van der Waals surface area contributed by atoms with E-state index in [-0.39, 0.29) is 11.8 Å². The van der Waals surface area contributed by atoms with Crippen molar-refractivity contribution in [2.45, 2.75) is 13.8 Å². The van der Waals surface area contributed by atoms with Crippen molar-refractivity contribution in [2.75, 3.05) is 59.4 Å². The van der Waals surface area contributed by atoms with Gasteiger partial charge in [0, 0.05) is 62.8 Å². The SMILES string of the molecule is CC(=O)Nc1ccc(Nc2nc(Nc3ccc(NC(C)=O)cc3)nc(N3CCN(C)CC3)n2)cc1. The lowest BCUT2D eigenvalue weighted by Crippen LogP contribution is -2.45. The monoisotopic (exact) mass is 475 g/mol. The first-order valence-corrected chi connectivity index (χ1v) is 11.3. The number of benzene rings is 2. The quantitative estimate of drug-likeness (QED) is 0.408. The van der Waals surface area contributed by atoms with Crippen LogP contribution in [0.25, 0.3) is 0 Å². The summed E-state index contributed by atoms with van der Waals surface area (Å²) in [6.45, 7) is 6.42. The highest BCUT2D eigenvalue weighted by molar-refractivity contribution is 5.89. The Kier molecular flexibility index (Phi) is 7.36. The lowest BCUT2D eigenvalue weighted by Gasteiger charge is -2.32. The van der Waals surface area contributed by atoms with Gasteiger partial charge in [0.15, 0.2) is 0 Å². The zero-order chi connectivity index (χ0) is 24.8. The van der Waals surface area contributed by atoms with E-state index in [0.717, 1.165) is 37.6 Å². The van der Waals surface area contributed by atoms with Gasteiger partial charge in [-0.05, 0) is 55.6 Å². The number of hydrogen-bond donors (Lipinski definition) is 4. The van der Waals surface area contributed by atoms with Gasteiger partial charge in [-0.15, -0.1) is 0 Å². The Balaban J connectivity index is 1.56. The number of carbonyl (C=O) groups is 2. The molecule has 182 valence electrons. The second-order valence-electron chi connectivity index (χ2n) is 8.34. The van der Waals surface area contributed by atoms with Gasteiger partial charge in [-0.3, -0.25) is 9.59 Å². The molecule has 1 aliphatic heterocycles. The van der Waals surface area contributed by atoms with Crippen molar-refractivity contribution in [3.05, 3.63) is 48.5 Å². The third kappa shape index (κ3) is 6.87. The Morgan fingerprint density at radius 2 is 1.06 bits per heavy atom. The van der Waals surface area contributed by atoms with Crippen LogP contribution in [0.4, 0.5) is 40.6 Å². The average molecular weight is 476 g/mol. The second kappa shape index (κ2) is 10.8. The molecule has 3 aromatic rings.